The van der Waals surface area contributed by atoms with Gasteiger partial charge in [0.25, 0.3) is 0 Å². The molecule has 404 valence electrons. The van der Waals surface area contributed by atoms with Gasteiger partial charge in [-0.15, -0.1) is 0 Å². The Bertz CT molecular complexity index is 5150. The number of ketones is 1. The molecular weight excluding hydrogens is 1150 g/mol. The van der Waals surface area contributed by atoms with E-state index in [4.69, 9.17) is 16.7 Å². The van der Waals surface area contributed by atoms with Crippen LogP contribution in [0.3, 0.4) is 0 Å². The standard InChI is InChI=1S/C53H26N8O17S4/c54-58-38-21-16-29-33(48(38)63)8-2-12-43(29)79(67,68)75-28-7-1-6-27(26-28)47(62)37-20-25-42(76-80(69,70)44-13-3-9-34-30(44)17-22-39(59-55)49(34)64)53(78-82(73,74)46-15-5-11-36-32(46)19-24-41(61-57)51(36)66)52(37)77-81(71,72)45-14-4-10-35-31(45)18-23-40(60-56)50(35)65/h1-26H. The predicted molar refractivity (Wildman–Crippen MR) is 280 cm³/mol. The number of fused-ring (bicyclic) bond motifs is 4. The molecule has 29 heteroatoms. The van der Waals surface area contributed by atoms with Crippen molar-refractivity contribution in [2.24, 2.45) is 0 Å². The summed E-state index contributed by atoms with van der Waals surface area (Å²) >= 11 is 0. The van der Waals surface area contributed by atoms with Crippen LogP contribution in [0.4, 0.5) is 22.7 Å². The maximum atomic E-state index is 15.1. The fourth-order valence-corrected chi connectivity index (χ4v) is 13.4. The van der Waals surface area contributed by atoms with Crippen LogP contribution >= 0.6 is 0 Å². The largest absolute Gasteiger partial charge is 0.867 e. The summed E-state index contributed by atoms with van der Waals surface area (Å²) in [7, 11) is -21.6. The Hall–Kier alpha value is -11.2. The quantitative estimate of drug-likeness (QED) is 0.0557. The monoisotopic (exact) mass is 1170 g/mol. The van der Waals surface area contributed by atoms with Crippen LogP contribution in [-0.4, -0.2) is 39.5 Å². The van der Waals surface area contributed by atoms with Crippen LogP contribution in [0.5, 0.6) is 46.0 Å². The van der Waals surface area contributed by atoms with E-state index in [9.17, 15) is 75.7 Å². The van der Waals surface area contributed by atoms with E-state index in [1.807, 2.05) is 0 Å². The van der Waals surface area contributed by atoms with Gasteiger partial charge in [-0.05, 0) is 117 Å². The van der Waals surface area contributed by atoms with Crippen LogP contribution in [0, 0.1) is 21.6 Å². The Morgan fingerprint density at radius 1 is 0.354 bits per heavy atom. The Morgan fingerprint density at radius 3 is 1.05 bits per heavy atom. The number of nitrogens with zero attached hydrogens (tertiary/aromatic N) is 8. The number of diazo groups is 4. The number of rotatable bonds is 14. The SMILES string of the molecule is N#[N+]c1ccc2c(S(=O)(=O)Oc3cccc(C(=O)c4ccc(OS(=O)(=O)c5cccc6c([O-])c([N+]#N)ccc56)c(OS(=O)(=O)c5cccc6c([O-])c([N+]#N)ccc56)c4OS(=O)(=O)c4cccc5c([O-])c([N+]#N)ccc45)c3)cccc2c1[O-]. The Balaban J connectivity index is 1.19. The average Bonchev–Trinajstić information content (AvgIpc) is 3.46. The molecule has 0 amide bonds. The lowest BCUT2D eigenvalue weighted by Crippen LogP contribution is -2.19. The van der Waals surface area contributed by atoms with Crippen LogP contribution < -0.4 is 37.2 Å². The Morgan fingerprint density at radius 2 is 0.683 bits per heavy atom. The van der Waals surface area contributed by atoms with Gasteiger partial charge in [-0.1, -0.05) is 60.7 Å². The smallest absolute Gasteiger partial charge is 0.378 e. The van der Waals surface area contributed by atoms with Crippen LogP contribution in [0.25, 0.3) is 63.0 Å². The molecule has 0 unspecified atom stereocenters. The highest BCUT2D eigenvalue weighted by Crippen LogP contribution is 2.48. The molecule has 25 nitrogen and oxygen atoms in total. The first kappa shape index (κ1) is 54.2. The van der Waals surface area contributed by atoms with E-state index in [0.29, 0.717) is 12.1 Å². The maximum absolute atomic E-state index is 15.1. The minimum Gasteiger partial charge on any atom is -0.867 e. The van der Waals surface area contributed by atoms with Gasteiger partial charge < -0.3 is 37.2 Å². The van der Waals surface area contributed by atoms with Gasteiger partial charge in [0, 0.05) is 51.4 Å². The Kier molecular flexibility index (Phi) is 13.4. The van der Waals surface area contributed by atoms with Crippen molar-refractivity contribution < 1.29 is 75.6 Å². The zero-order chi connectivity index (χ0) is 58.6. The highest BCUT2D eigenvalue weighted by atomic mass is 32.2. The zero-order valence-electron chi connectivity index (χ0n) is 40.7. The van der Waals surface area contributed by atoms with Crippen LogP contribution in [0.1, 0.15) is 15.9 Å². The zero-order valence-corrected chi connectivity index (χ0v) is 43.9. The molecule has 0 aliphatic rings. The van der Waals surface area contributed by atoms with Crippen LogP contribution in [0.15, 0.2) is 177 Å². The molecule has 0 N–H and O–H groups in total. The molecule has 0 atom stereocenters. The molecule has 0 aliphatic heterocycles. The molecule has 0 fully saturated rings. The minimum absolute atomic E-state index is 0.159. The fraction of sp³-hybridized carbons (Fsp3) is 0. The van der Waals surface area contributed by atoms with Gasteiger partial charge in [0.05, 0.1) is 5.56 Å². The van der Waals surface area contributed by atoms with Gasteiger partial charge in [-0.25, -0.2) is 0 Å². The second-order valence-electron chi connectivity index (χ2n) is 17.2. The molecule has 0 aliphatic carbocycles. The van der Waals surface area contributed by atoms with Crippen molar-refractivity contribution in [3.8, 4) is 46.0 Å². The third-order valence-corrected chi connectivity index (χ3v) is 17.7. The van der Waals surface area contributed by atoms with Crippen molar-refractivity contribution in [2.45, 2.75) is 19.6 Å². The molecule has 10 aromatic rings. The van der Waals surface area contributed by atoms with E-state index in [2.05, 4.69) is 19.9 Å². The normalized spacial score (nSPS) is 11.8. The molecule has 0 heterocycles. The van der Waals surface area contributed by atoms with E-state index in [0.717, 1.165) is 121 Å². The molecule has 0 bridgehead atoms. The number of benzene rings is 10. The van der Waals surface area contributed by atoms with Crippen molar-refractivity contribution in [1.82, 2.24) is 0 Å². The summed E-state index contributed by atoms with van der Waals surface area (Å²) < 4.78 is 139. The highest BCUT2D eigenvalue weighted by Gasteiger charge is 2.36. The first-order chi connectivity index (χ1) is 39.0. The second-order valence-corrected chi connectivity index (χ2v) is 23.3. The number of carbonyl (C=O) groups is 1. The van der Waals surface area contributed by atoms with Crippen LogP contribution in [0.2, 0.25) is 0 Å². The summed E-state index contributed by atoms with van der Waals surface area (Å²) in [5, 5.41) is 87.6. The lowest BCUT2D eigenvalue weighted by molar-refractivity contribution is -0.265. The predicted octanol–water partition coefficient (Wildman–Crippen LogP) is 8.83. The number of carbonyl (C=O) groups excluding carboxylic acids is 1. The van der Waals surface area contributed by atoms with Crippen molar-refractivity contribution in [3.63, 3.8) is 0 Å². The molecule has 0 saturated carbocycles. The fourth-order valence-electron chi connectivity index (χ4n) is 8.79. The van der Waals surface area contributed by atoms with Gasteiger partial charge in [-0.2, -0.15) is 33.7 Å². The van der Waals surface area contributed by atoms with Crippen molar-refractivity contribution in [2.75, 3.05) is 0 Å². The van der Waals surface area contributed by atoms with Gasteiger partial charge in [-0.3, -0.25) is 4.79 Å². The average molecular weight is 1180 g/mol. The molecule has 82 heavy (non-hydrogen) atoms. The van der Waals surface area contributed by atoms with Crippen molar-refractivity contribution in [3.05, 3.63) is 189 Å². The third kappa shape index (κ3) is 9.36. The van der Waals surface area contributed by atoms with E-state index >= 15 is 4.79 Å². The molecular formula is C53H26N8O17S4. The molecule has 0 spiro atoms. The first-order valence-electron chi connectivity index (χ1n) is 22.9. The number of hydrogen-bond acceptors (Lipinski definition) is 21. The third-order valence-electron chi connectivity index (χ3n) is 12.5. The van der Waals surface area contributed by atoms with Gasteiger partial charge >= 0.3 is 63.2 Å². The van der Waals surface area contributed by atoms with Gasteiger partial charge in [0.1, 0.15) is 25.3 Å². The second kappa shape index (κ2) is 20.2. The topological polar surface area (TPSA) is 395 Å². The lowest BCUT2D eigenvalue weighted by atomic mass is 10.0. The molecule has 0 aromatic heterocycles. The lowest BCUT2D eigenvalue weighted by Gasteiger charge is -2.20. The van der Waals surface area contributed by atoms with Crippen LogP contribution in [-0.2, 0) is 40.5 Å². The Labute approximate surface area is 461 Å². The molecule has 10 rings (SSSR count). The number of hydrogen-bond donors (Lipinski definition) is 0. The minimum atomic E-state index is -5.61. The summed E-state index contributed by atoms with van der Waals surface area (Å²) in [4.78, 5) is 23.6. The van der Waals surface area contributed by atoms with Gasteiger partial charge in [0.2, 0.25) is 33.1 Å². The highest BCUT2D eigenvalue weighted by molar-refractivity contribution is 7.88. The first-order valence-corrected chi connectivity index (χ1v) is 28.6. The summed E-state index contributed by atoms with van der Waals surface area (Å²) in [6, 6.07) is 26.6. The van der Waals surface area contributed by atoms with E-state index in [-0.39, 0.29) is 32.3 Å². The molecule has 10 aromatic carbocycles. The summed E-state index contributed by atoms with van der Waals surface area (Å²) in [5.74, 6) is -9.91. The summed E-state index contributed by atoms with van der Waals surface area (Å²) in [5.41, 5.74) is -3.52. The molecule has 0 radical (unpaired) electrons. The van der Waals surface area contributed by atoms with E-state index < -0.39 is 156 Å². The maximum Gasteiger partial charge on any atom is 0.378 e. The van der Waals surface area contributed by atoms with Crippen molar-refractivity contribution in [1.29, 1.82) is 21.6 Å². The van der Waals surface area contributed by atoms with E-state index in [1.54, 1.807) is 0 Å². The van der Waals surface area contributed by atoms with Crippen molar-refractivity contribution >= 4 is 112 Å². The summed E-state index contributed by atoms with van der Waals surface area (Å²) in [6.07, 6.45) is 0. The molecule has 0 saturated heterocycles. The summed E-state index contributed by atoms with van der Waals surface area (Å²) in [6.45, 7) is 0. The van der Waals surface area contributed by atoms with Gasteiger partial charge in [0.15, 0.2) is 31.4 Å². The van der Waals surface area contributed by atoms with E-state index in [1.165, 1.54) is 24.3 Å².